The summed E-state index contributed by atoms with van der Waals surface area (Å²) in [5.74, 6) is 0.694. The number of carbonyl (C=O) groups is 1. The Bertz CT molecular complexity index is 1410. The number of piperazine rings is 1. The van der Waals surface area contributed by atoms with Crippen LogP contribution in [0.25, 0.3) is 16.9 Å². The molecule has 0 atom stereocenters. The van der Waals surface area contributed by atoms with Gasteiger partial charge in [0.05, 0.1) is 11.8 Å². The molecule has 1 saturated heterocycles. The second-order valence-corrected chi connectivity index (χ2v) is 9.47. The van der Waals surface area contributed by atoms with E-state index in [4.69, 9.17) is 0 Å². The average Bonchev–Trinajstić information content (AvgIpc) is 3.42. The van der Waals surface area contributed by atoms with Crippen molar-refractivity contribution in [1.29, 1.82) is 0 Å². The lowest BCUT2D eigenvalue weighted by molar-refractivity contribution is -0.138. The minimum atomic E-state index is -4.53. The summed E-state index contributed by atoms with van der Waals surface area (Å²) >= 11 is 0. The molecule has 1 aliphatic heterocycles. The van der Waals surface area contributed by atoms with Crippen molar-refractivity contribution in [3.8, 4) is 16.9 Å². The second kappa shape index (κ2) is 11.3. The van der Waals surface area contributed by atoms with Crippen LogP contribution in [-0.4, -0.2) is 63.8 Å². The van der Waals surface area contributed by atoms with E-state index in [1.54, 1.807) is 29.2 Å². The quantitative estimate of drug-likeness (QED) is 0.348. The lowest BCUT2D eigenvalue weighted by Crippen LogP contribution is -2.44. The highest BCUT2D eigenvalue weighted by Gasteiger charge is 2.34. The Balaban J connectivity index is 1.22. The molecule has 2 aromatic heterocycles. The maximum Gasteiger partial charge on any atom is 0.416 e. The van der Waals surface area contributed by atoms with E-state index in [1.165, 1.54) is 12.1 Å². The molecule has 4 aromatic rings. The maximum atomic E-state index is 13.8. The number of nitrogens with one attached hydrogen (secondary N) is 2. The van der Waals surface area contributed by atoms with Gasteiger partial charge in [0.25, 0.3) is 0 Å². The molecular weight excluding hydrogens is 507 g/mol. The minimum Gasteiger partial charge on any atom is -0.308 e. The third kappa shape index (κ3) is 6.62. The van der Waals surface area contributed by atoms with Crippen LogP contribution in [-0.2, 0) is 12.7 Å². The van der Waals surface area contributed by atoms with Crippen LogP contribution in [0.1, 0.15) is 11.1 Å². The molecule has 0 saturated carbocycles. The fourth-order valence-corrected chi connectivity index (χ4v) is 4.43. The van der Waals surface area contributed by atoms with Gasteiger partial charge in [-0.05, 0) is 54.6 Å². The van der Waals surface area contributed by atoms with Gasteiger partial charge >= 0.3 is 12.2 Å². The number of aromatic nitrogens is 3. The molecule has 11 heteroatoms. The normalized spacial score (nSPS) is 14.8. The van der Waals surface area contributed by atoms with Crippen molar-refractivity contribution in [1.82, 2.24) is 24.6 Å². The highest BCUT2D eigenvalue weighted by atomic mass is 19.4. The standard InChI is InChI=1S/C28H28F3N7O/c1-36-12-14-37(15-13-36)18-21-7-10-24(16-25(21)28(29,30)31)35-27(39)34-23-8-5-20(6-9-23)22-17-33-38(19-22)26-4-2-3-11-32-26/h2-11,16-17,19H,12-15,18H2,1H3,(H2,34,35,39). The molecule has 0 aliphatic carbocycles. The number of hydrogen-bond donors (Lipinski definition) is 2. The van der Waals surface area contributed by atoms with E-state index in [2.05, 4.69) is 25.6 Å². The number of rotatable bonds is 6. The topological polar surface area (TPSA) is 78.3 Å². The molecule has 39 heavy (non-hydrogen) atoms. The first kappa shape index (κ1) is 26.4. The number of amides is 2. The number of halogens is 3. The molecule has 202 valence electrons. The summed E-state index contributed by atoms with van der Waals surface area (Å²) < 4.78 is 43.2. The van der Waals surface area contributed by atoms with E-state index in [0.29, 0.717) is 24.6 Å². The lowest BCUT2D eigenvalue weighted by Gasteiger charge is -2.33. The van der Waals surface area contributed by atoms with E-state index in [0.717, 1.165) is 30.3 Å². The van der Waals surface area contributed by atoms with Gasteiger partial charge in [-0.2, -0.15) is 18.3 Å². The van der Waals surface area contributed by atoms with Gasteiger partial charge in [-0.15, -0.1) is 0 Å². The number of hydrogen-bond acceptors (Lipinski definition) is 5. The second-order valence-electron chi connectivity index (χ2n) is 9.47. The van der Waals surface area contributed by atoms with E-state index in [1.807, 2.05) is 48.5 Å². The zero-order chi connectivity index (χ0) is 27.4. The summed E-state index contributed by atoms with van der Waals surface area (Å²) in [7, 11) is 2.00. The summed E-state index contributed by atoms with van der Waals surface area (Å²) in [6, 6.07) is 15.9. The van der Waals surface area contributed by atoms with Crippen molar-refractivity contribution in [2.45, 2.75) is 12.7 Å². The molecule has 0 bridgehead atoms. The first-order valence-corrected chi connectivity index (χ1v) is 12.5. The maximum absolute atomic E-state index is 13.8. The van der Waals surface area contributed by atoms with Crippen LogP contribution in [0.2, 0.25) is 0 Å². The molecular formula is C28H28F3N7O. The van der Waals surface area contributed by atoms with Gasteiger partial charge < -0.3 is 15.5 Å². The number of nitrogens with zero attached hydrogens (tertiary/aromatic N) is 5. The van der Waals surface area contributed by atoms with Gasteiger partial charge in [-0.1, -0.05) is 24.3 Å². The van der Waals surface area contributed by atoms with Crippen LogP contribution in [0.4, 0.5) is 29.3 Å². The van der Waals surface area contributed by atoms with Crippen LogP contribution in [0.5, 0.6) is 0 Å². The highest BCUT2D eigenvalue weighted by molar-refractivity contribution is 6.00. The molecule has 8 nitrogen and oxygen atoms in total. The Kier molecular flexibility index (Phi) is 7.62. The first-order valence-electron chi connectivity index (χ1n) is 12.5. The Morgan fingerprint density at radius 3 is 2.33 bits per heavy atom. The number of anilines is 2. The van der Waals surface area contributed by atoms with Crippen molar-refractivity contribution in [2.24, 2.45) is 0 Å². The van der Waals surface area contributed by atoms with Gasteiger partial charge in [-0.25, -0.2) is 14.5 Å². The van der Waals surface area contributed by atoms with E-state index in [-0.39, 0.29) is 17.8 Å². The van der Waals surface area contributed by atoms with Gasteiger partial charge in [0.2, 0.25) is 0 Å². The van der Waals surface area contributed by atoms with Gasteiger partial charge in [0, 0.05) is 62.1 Å². The number of urea groups is 1. The Hall–Kier alpha value is -4.22. The largest absolute Gasteiger partial charge is 0.416 e. The summed E-state index contributed by atoms with van der Waals surface area (Å²) in [5, 5.41) is 9.52. The zero-order valence-electron chi connectivity index (χ0n) is 21.3. The molecule has 0 spiro atoms. The van der Waals surface area contributed by atoms with Crippen molar-refractivity contribution < 1.29 is 18.0 Å². The molecule has 2 amide bonds. The van der Waals surface area contributed by atoms with E-state index in [9.17, 15) is 18.0 Å². The fourth-order valence-electron chi connectivity index (χ4n) is 4.43. The smallest absolute Gasteiger partial charge is 0.308 e. The molecule has 3 heterocycles. The predicted molar refractivity (Wildman–Crippen MR) is 144 cm³/mol. The third-order valence-corrected chi connectivity index (χ3v) is 6.61. The number of benzene rings is 2. The molecule has 1 fully saturated rings. The van der Waals surface area contributed by atoms with Crippen LogP contribution in [0.15, 0.2) is 79.3 Å². The molecule has 1 aliphatic rings. The molecule has 2 N–H and O–H groups in total. The Morgan fingerprint density at radius 1 is 0.923 bits per heavy atom. The van der Waals surface area contributed by atoms with Gasteiger partial charge in [-0.3, -0.25) is 4.90 Å². The zero-order valence-corrected chi connectivity index (χ0v) is 21.3. The minimum absolute atomic E-state index is 0.0699. The summed E-state index contributed by atoms with van der Waals surface area (Å²) in [6.45, 7) is 3.26. The van der Waals surface area contributed by atoms with Gasteiger partial charge in [0.1, 0.15) is 0 Å². The summed E-state index contributed by atoms with van der Waals surface area (Å²) in [4.78, 5) is 21.0. The van der Waals surface area contributed by atoms with Crippen LogP contribution < -0.4 is 10.6 Å². The van der Waals surface area contributed by atoms with Crippen molar-refractivity contribution >= 4 is 17.4 Å². The predicted octanol–water partition coefficient (Wildman–Crippen LogP) is 5.34. The van der Waals surface area contributed by atoms with E-state index < -0.39 is 17.8 Å². The molecule has 0 radical (unpaired) electrons. The Morgan fingerprint density at radius 2 is 1.64 bits per heavy atom. The van der Waals surface area contributed by atoms with Crippen molar-refractivity contribution in [3.63, 3.8) is 0 Å². The van der Waals surface area contributed by atoms with Crippen LogP contribution in [0.3, 0.4) is 0 Å². The Labute approximate surface area is 224 Å². The van der Waals surface area contributed by atoms with Crippen molar-refractivity contribution in [2.75, 3.05) is 43.9 Å². The molecule has 0 unspecified atom stereocenters. The van der Waals surface area contributed by atoms with Crippen LogP contribution >= 0.6 is 0 Å². The number of alkyl halides is 3. The highest BCUT2D eigenvalue weighted by Crippen LogP contribution is 2.34. The van der Waals surface area contributed by atoms with Crippen LogP contribution in [0, 0.1) is 0 Å². The summed E-state index contributed by atoms with van der Waals surface area (Å²) in [5.41, 5.74) is 1.77. The fraction of sp³-hybridized carbons (Fsp3) is 0.250. The van der Waals surface area contributed by atoms with Gasteiger partial charge in [0.15, 0.2) is 5.82 Å². The third-order valence-electron chi connectivity index (χ3n) is 6.61. The average molecular weight is 536 g/mol. The lowest BCUT2D eigenvalue weighted by atomic mass is 10.0. The van der Waals surface area contributed by atoms with E-state index >= 15 is 0 Å². The summed E-state index contributed by atoms with van der Waals surface area (Å²) in [6.07, 6.45) is 0.726. The first-order chi connectivity index (χ1) is 18.7. The monoisotopic (exact) mass is 535 g/mol. The SMILES string of the molecule is CN1CCN(Cc2ccc(NC(=O)Nc3ccc(-c4cnn(-c5ccccn5)c4)cc3)cc2C(F)(F)F)CC1. The number of carbonyl (C=O) groups excluding carboxylic acids is 1. The number of pyridine rings is 1. The molecule has 5 rings (SSSR count). The number of likely N-dealkylation sites (N-methyl/N-ethyl adjacent to an activating group) is 1. The molecule has 2 aromatic carbocycles. The van der Waals surface area contributed by atoms with Crippen molar-refractivity contribution in [3.05, 3.63) is 90.4 Å².